The second-order valence-electron chi connectivity index (χ2n) is 3.58. The molecule has 0 unspecified atom stereocenters. The molecule has 0 aromatic heterocycles. The lowest BCUT2D eigenvalue weighted by atomic mass is 10.1. The van der Waals surface area contributed by atoms with E-state index < -0.39 is 11.8 Å². The van der Waals surface area contributed by atoms with Crippen LogP contribution in [0.1, 0.15) is 10.4 Å². The minimum Gasteiger partial charge on any atom is -0.368 e. The molecule has 0 atom stereocenters. The van der Waals surface area contributed by atoms with Gasteiger partial charge in [0.25, 0.3) is 0 Å². The summed E-state index contributed by atoms with van der Waals surface area (Å²) in [6.45, 7) is -0.513. The predicted octanol–water partition coefficient (Wildman–Crippen LogP) is -0.0705. The van der Waals surface area contributed by atoms with Gasteiger partial charge in [0.2, 0.25) is 11.8 Å². The smallest absolute Gasteiger partial charge is 0.236 e. The average Bonchev–Trinajstić information content (AvgIpc) is 2.26. The van der Waals surface area contributed by atoms with E-state index in [0.29, 0.717) is 6.29 Å². The summed E-state index contributed by atoms with van der Waals surface area (Å²) in [7, 11) is 0. The van der Waals surface area contributed by atoms with Crippen LogP contribution in [0.4, 0.5) is 5.69 Å². The Labute approximate surface area is 108 Å². The Morgan fingerprint density at radius 2 is 1.78 bits per heavy atom. The average molecular weight is 270 g/mol. The number of benzene rings is 1. The number of amides is 2. The minimum atomic E-state index is -0.659. The minimum absolute atomic E-state index is 0.238. The summed E-state index contributed by atoms with van der Waals surface area (Å²) in [6.07, 6.45) is 0.580. The standard InChI is InChI=1S/C11H12ClN3O3/c12-8-3-1-2-7(6-16)11(8)15(4-9(13)17)5-10(14)18/h1-3,6H,4-5H2,(H2,13,17)(H2,14,18). The number of para-hydroxylation sites is 1. The Bertz CT molecular complexity index is 474. The number of carbonyl (C=O) groups excluding carboxylic acids is 3. The Hall–Kier alpha value is -2.08. The number of primary amides is 2. The van der Waals surface area contributed by atoms with Crippen LogP contribution in [0.2, 0.25) is 5.02 Å². The van der Waals surface area contributed by atoms with Crippen molar-refractivity contribution in [3.8, 4) is 0 Å². The first kappa shape index (κ1) is 14.0. The van der Waals surface area contributed by atoms with E-state index in [9.17, 15) is 14.4 Å². The number of hydrogen-bond donors (Lipinski definition) is 2. The van der Waals surface area contributed by atoms with E-state index in [-0.39, 0.29) is 29.4 Å². The first-order valence-corrected chi connectivity index (χ1v) is 5.38. The topological polar surface area (TPSA) is 106 Å². The van der Waals surface area contributed by atoms with E-state index in [1.54, 1.807) is 12.1 Å². The van der Waals surface area contributed by atoms with Gasteiger partial charge in [-0.15, -0.1) is 0 Å². The Morgan fingerprint density at radius 1 is 1.22 bits per heavy atom. The Morgan fingerprint density at radius 3 is 2.22 bits per heavy atom. The van der Waals surface area contributed by atoms with E-state index in [2.05, 4.69) is 0 Å². The van der Waals surface area contributed by atoms with Crippen LogP contribution in [0.15, 0.2) is 18.2 Å². The maximum absolute atomic E-state index is 11.0. The lowest BCUT2D eigenvalue weighted by Crippen LogP contribution is -2.40. The molecule has 0 aliphatic heterocycles. The van der Waals surface area contributed by atoms with Crippen LogP contribution in [0.5, 0.6) is 0 Å². The molecule has 0 radical (unpaired) electrons. The van der Waals surface area contributed by atoms with Crippen molar-refractivity contribution in [2.75, 3.05) is 18.0 Å². The molecule has 0 aliphatic carbocycles. The van der Waals surface area contributed by atoms with Gasteiger partial charge < -0.3 is 16.4 Å². The molecule has 2 amide bonds. The maximum atomic E-state index is 11.0. The van der Waals surface area contributed by atoms with Crippen molar-refractivity contribution in [1.29, 1.82) is 0 Å². The molecule has 0 heterocycles. The van der Waals surface area contributed by atoms with Gasteiger partial charge in [-0.05, 0) is 12.1 Å². The zero-order valence-electron chi connectivity index (χ0n) is 9.43. The molecule has 1 aromatic carbocycles. The van der Waals surface area contributed by atoms with E-state index in [0.717, 1.165) is 0 Å². The van der Waals surface area contributed by atoms with Crippen molar-refractivity contribution in [2.45, 2.75) is 0 Å². The predicted molar refractivity (Wildman–Crippen MR) is 67.4 cm³/mol. The molecular weight excluding hydrogens is 258 g/mol. The molecule has 7 heteroatoms. The lowest BCUT2D eigenvalue weighted by molar-refractivity contribution is -0.117. The molecule has 1 aromatic rings. The Balaban J connectivity index is 3.22. The zero-order valence-corrected chi connectivity index (χ0v) is 10.2. The van der Waals surface area contributed by atoms with Crippen molar-refractivity contribution in [3.05, 3.63) is 28.8 Å². The summed E-state index contributed by atoms with van der Waals surface area (Å²) in [5.41, 5.74) is 10.7. The van der Waals surface area contributed by atoms with E-state index in [1.807, 2.05) is 0 Å². The monoisotopic (exact) mass is 269 g/mol. The molecule has 1 rings (SSSR count). The highest BCUT2D eigenvalue weighted by molar-refractivity contribution is 6.34. The number of rotatable bonds is 6. The largest absolute Gasteiger partial charge is 0.368 e. The number of nitrogens with two attached hydrogens (primary N) is 2. The summed E-state index contributed by atoms with van der Waals surface area (Å²) >= 11 is 5.97. The van der Waals surface area contributed by atoms with Crippen molar-refractivity contribution in [3.63, 3.8) is 0 Å². The van der Waals surface area contributed by atoms with Gasteiger partial charge in [-0.1, -0.05) is 17.7 Å². The SMILES string of the molecule is NC(=O)CN(CC(N)=O)c1c(Cl)cccc1C=O. The Kier molecular flexibility index (Phi) is 4.67. The van der Waals surface area contributed by atoms with Crippen molar-refractivity contribution >= 4 is 35.4 Å². The summed E-state index contributed by atoms with van der Waals surface area (Å²) in [6, 6.07) is 4.64. The van der Waals surface area contributed by atoms with Gasteiger partial charge in [-0.2, -0.15) is 0 Å². The van der Waals surface area contributed by atoms with E-state index in [4.69, 9.17) is 23.1 Å². The normalized spacial score (nSPS) is 9.83. The van der Waals surface area contributed by atoms with E-state index in [1.165, 1.54) is 11.0 Å². The second kappa shape index (κ2) is 6.02. The summed E-state index contributed by atoms with van der Waals surface area (Å²) < 4.78 is 0. The molecule has 0 saturated carbocycles. The summed E-state index contributed by atoms with van der Waals surface area (Å²) in [5, 5.41) is 0.238. The molecule has 18 heavy (non-hydrogen) atoms. The van der Waals surface area contributed by atoms with Gasteiger partial charge in [0.1, 0.15) is 0 Å². The summed E-state index contributed by atoms with van der Waals surface area (Å²) in [5.74, 6) is -1.32. The second-order valence-corrected chi connectivity index (χ2v) is 3.99. The van der Waals surface area contributed by atoms with Gasteiger partial charge in [-0.25, -0.2) is 0 Å². The molecule has 0 fully saturated rings. The van der Waals surface area contributed by atoms with Gasteiger partial charge in [0.15, 0.2) is 6.29 Å². The number of hydrogen-bond acceptors (Lipinski definition) is 4. The van der Waals surface area contributed by atoms with Crippen LogP contribution in [-0.4, -0.2) is 31.2 Å². The fraction of sp³-hybridized carbons (Fsp3) is 0.182. The van der Waals surface area contributed by atoms with Gasteiger partial charge in [0.05, 0.1) is 23.8 Å². The molecule has 6 nitrogen and oxygen atoms in total. The molecule has 96 valence electrons. The number of halogens is 1. The van der Waals surface area contributed by atoms with Crippen molar-refractivity contribution in [1.82, 2.24) is 0 Å². The third kappa shape index (κ3) is 3.46. The van der Waals surface area contributed by atoms with Crippen LogP contribution >= 0.6 is 11.6 Å². The highest BCUT2D eigenvalue weighted by atomic mass is 35.5. The summed E-state index contributed by atoms with van der Waals surface area (Å²) in [4.78, 5) is 34.2. The number of aldehydes is 1. The first-order valence-electron chi connectivity index (χ1n) is 5.01. The molecule has 4 N–H and O–H groups in total. The van der Waals surface area contributed by atoms with Crippen LogP contribution < -0.4 is 16.4 Å². The van der Waals surface area contributed by atoms with Gasteiger partial charge >= 0.3 is 0 Å². The molecule has 0 spiro atoms. The number of anilines is 1. The first-order chi connectivity index (χ1) is 8.45. The van der Waals surface area contributed by atoms with Crippen molar-refractivity contribution in [2.24, 2.45) is 11.5 Å². The van der Waals surface area contributed by atoms with Crippen LogP contribution in [0.25, 0.3) is 0 Å². The zero-order chi connectivity index (χ0) is 13.7. The van der Waals surface area contributed by atoms with Crippen molar-refractivity contribution < 1.29 is 14.4 Å². The third-order valence-electron chi connectivity index (χ3n) is 2.15. The van der Waals surface area contributed by atoms with Crippen LogP contribution in [-0.2, 0) is 9.59 Å². The molecule has 0 aliphatic rings. The van der Waals surface area contributed by atoms with Crippen LogP contribution in [0.3, 0.4) is 0 Å². The van der Waals surface area contributed by atoms with Gasteiger partial charge in [0, 0.05) is 5.56 Å². The van der Waals surface area contributed by atoms with Crippen LogP contribution in [0, 0.1) is 0 Å². The fourth-order valence-electron chi connectivity index (χ4n) is 1.55. The molecular formula is C11H12ClN3O3. The third-order valence-corrected chi connectivity index (χ3v) is 2.46. The highest BCUT2D eigenvalue weighted by Crippen LogP contribution is 2.28. The molecule has 0 saturated heterocycles. The number of carbonyl (C=O) groups is 3. The molecule has 0 bridgehead atoms. The quantitative estimate of drug-likeness (QED) is 0.705. The van der Waals surface area contributed by atoms with E-state index >= 15 is 0 Å². The fourth-order valence-corrected chi connectivity index (χ4v) is 1.85. The van der Waals surface area contributed by atoms with Gasteiger partial charge in [-0.3, -0.25) is 14.4 Å². The number of nitrogens with zero attached hydrogens (tertiary/aromatic N) is 1. The maximum Gasteiger partial charge on any atom is 0.236 e. The highest BCUT2D eigenvalue weighted by Gasteiger charge is 2.18. The lowest BCUT2D eigenvalue weighted by Gasteiger charge is -2.24.